The molecule has 0 aliphatic carbocycles. The normalized spacial score (nSPS) is 10.6. The van der Waals surface area contributed by atoms with Gasteiger partial charge in [-0.05, 0) is 30.3 Å². The fourth-order valence-electron chi connectivity index (χ4n) is 2.64. The van der Waals surface area contributed by atoms with Gasteiger partial charge in [-0.15, -0.1) is 0 Å². The third kappa shape index (κ3) is 5.89. The Morgan fingerprint density at radius 2 is 1.97 bits per heavy atom. The van der Waals surface area contributed by atoms with Gasteiger partial charge in [-0.3, -0.25) is 4.79 Å². The monoisotopic (exact) mass is 434 g/mol. The van der Waals surface area contributed by atoms with Crippen LogP contribution in [-0.4, -0.2) is 31.2 Å². The van der Waals surface area contributed by atoms with E-state index in [0.29, 0.717) is 58.3 Å². The van der Waals surface area contributed by atoms with Gasteiger partial charge < -0.3 is 19.2 Å². The number of ether oxygens (including phenoxy) is 2. The van der Waals surface area contributed by atoms with Crippen molar-refractivity contribution < 1.29 is 18.7 Å². The van der Waals surface area contributed by atoms with Crippen LogP contribution in [0.3, 0.4) is 0 Å². The lowest BCUT2D eigenvalue weighted by Crippen LogP contribution is -2.28. The van der Waals surface area contributed by atoms with Crippen LogP contribution in [0, 0.1) is 0 Å². The number of hydrogen-bond donors (Lipinski definition) is 1. The third-order valence-corrected chi connectivity index (χ3v) is 4.61. The van der Waals surface area contributed by atoms with Crippen molar-refractivity contribution in [3.63, 3.8) is 0 Å². The summed E-state index contributed by atoms with van der Waals surface area (Å²) in [4.78, 5) is 16.2. The molecule has 0 saturated heterocycles. The molecule has 0 bridgehead atoms. The molecule has 0 aliphatic rings. The number of aryl methyl sites for hydroxylation is 1. The largest absolute Gasteiger partial charge is 0.493 e. The fraction of sp³-hybridized carbons (Fsp3) is 0.238. The Morgan fingerprint density at radius 1 is 1.17 bits per heavy atom. The first-order valence-corrected chi connectivity index (χ1v) is 9.75. The first-order valence-electron chi connectivity index (χ1n) is 8.99. The lowest BCUT2D eigenvalue weighted by Gasteiger charge is -2.10. The lowest BCUT2D eigenvalue weighted by atomic mass is 10.2. The van der Waals surface area contributed by atoms with Crippen molar-refractivity contribution in [2.24, 2.45) is 0 Å². The van der Waals surface area contributed by atoms with Crippen molar-refractivity contribution >= 4 is 29.1 Å². The van der Waals surface area contributed by atoms with E-state index < -0.39 is 0 Å². The summed E-state index contributed by atoms with van der Waals surface area (Å²) in [5.41, 5.74) is 0.702. The topological polar surface area (TPSA) is 73.6 Å². The minimum Gasteiger partial charge on any atom is -0.493 e. The molecule has 0 saturated carbocycles. The summed E-state index contributed by atoms with van der Waals surface area (Å²) < 4.78 is 16.5. The maximum absolute atomic E-state index is 12.0. The number of carbonyl (C=O) groups excluding carboxylic acids is 1. The summed E-state index contributed by atoms with van der Waals surface area (Å²) in [5, 5.41) is 3.83. The van der Waals surface area contributed by atoms with Gasteiger partial charge in [0.1, 0.15) is 6.61 Å². The van der Waals surface area contributed by atoms with Gasteiger partial charge in [-0.2, -0.15) is 0 Å². The number of para-hydroxylation sites is 2. The van der Waals surface area contributed by atoms with E-state index in [1.165, 1.54) is 0 Å². The molecule has 1 amide bonds. The SMILES string of the molecule is COc1ccccc1OCCNC(=O)CCc1ncc(-c2ccc(Cl)cc2Cl)o1. The van der Waals surface area contributed by atoms with E-state index in [1.54, 1.807) is 31.5 Å². The molecule has 1 heterocycles. The molecule has 8 heteroatoms. The number of halogens is 2. The van der Waals surface area contributed by atoms with Crippen molar-refractivity contribution in [2.75, 3.05) is 20.3 Å². The molecule has 2 aromatic carbocycles. The molecular weight excluding hydrogens is 415 g/mol. The van der Waals surface area contributed by atoms with Crippen LogP contribution in [0.1, 0.15) is 12.3 Å². The number of methoxy groups -OCH3 is 1. The molecule has 3 rings (SSSR count). The molecule has 3 aromatic rings. The average molecular weight is 435 g/mol. The Labute approximate surface area is 178 Å². The molecule has 1 N–H and O–H groups in total. The second kappa shape index (κ2) is 10.2. The Bertz CT molecular complexity index is 975. The molecule has 0 radical (unpaired) electrons. The number of carbonyl (C=O) groups is 1. The Kier molecular flexibility index (Phi) is 7.38. The first kappa shape index (κ1) is 21.0. The quantitative estimate of drug-likeness (QED) is 0.490. The summed E-state index contributed by atoms with van der Waals surface area (Å²) in [7, 11) is 1.58. The summed E-state index contributed by atoms with van der Waals surface area (Å²) in [6, 6.07) is 12.5. The van der Waals surface area contributed by atoms with E-state index in [1.807, 2.05) is 24.3 Å². The molecule has 1 aromatic heterocycles. The van der Waals surface area contributed by atoms with Gasteiger partial charge in [0, 0.05) is 23.4 Å². The van der Waals surface area contributed by atoms with E-state index in [4.69, 9.17) is 37.1 Å². The number of aromatic nitrogens is 1. The van der Waals surface area contributed by atoms with Crippen LogP contribution >= 0.6 is 23.2 Å². The van der Waals surface area contributed by atoms with Crippen molar-refractivity contribution in [1.82, 2.24) is 10.3 Å². The van der Waals surface area contributed by atoms with Crippen molar-refractivity contribution in [3.8, 4) is 22.8 Å². The molecular formula is C21H20Cl2N2O4. The highest BCUT2D eigenvalue weighted by molar-refractivity contribution is 6.36. The smallest absolute Gasteiger partial charge is 0.220 e. The van der Waals surface area contributed by atoms with Crippen LogP contribution in [0.25, 0.3) is 11.3 Å². The number of amides is 1. The van der Waals surface area contributed by atoms with E-state index in [2.05, 4.69) is 10.3 Å². The molecule has 6 nitrogen and oxygen atoms in total. The van der Waals surface area contributed by atoms with Crippen LogP contribution in [0.4, 0.5) is 0 Å². The zero-order valence-electron chi connectivity index (χ0n) is 15.8. The summed E-state index contributed by atoms with van der Waals surface area (Å²) in [6.07, 6.45) is 2.22. The standard InChI is InChI=1S/C21H20Cl2N2O4/c1-27-17-4-2-3-5-18(17)28-11-10-24-20(26)8-9-21-25-13-19(29-21)15-7-6-14(22)12-16(15)23/h2-7,12-13H,8-11H2,1H3,(H,24,26). The number of oxazole rings is 1. The van der Waals surface area contributed by atoms with Gasteiger partial charge in [0.15, 0.2) is 23.1 Å². The third-order valence-electron chi connectivity index (χ3n) is 4.07. The van der Waals surface area contributed by atoms with E-state index in [0.717, 1.165) is 0 Å². The molecule has 0 fully saturated rings. The summed E-state index contributed by atoms with van der Waals surface area (Å²) >= 11 is 12.1. The van der Waals surface area contributed by atoms with Crippen LogP contribution in [0.5, 0.6) is 11.5 Å². The average Bonchev–Trinajstić information content (AvgIpc) is 3.18. The van der Waals surface area contributed by atoms with Gasteiger partial charge in [0.05, 0.1) is 24.9 Å². The van der Waals surface area contributed by atoms with Crippen molar-refractivity contribution in [2.45, 2.75) is 12.8 Å². The zero-order chi connectivity index (χ0) is 20.6. The van der Waals surface area contributed by atoms with Crippen molar-refractivity contribution in [3.05, 3.63) is 64.6 Å². The number of benzene rings is 2. The Hall–Kier alpha value is -2.70. The van der Waals surface area contributed by atoms with Crippen LogP contribution < -0.4 is 14.8 Å². The van der Waals surface area contributed by atoms with E-state index in [9.17, 15) is 4.79 Å². The van der Waals surface area contributed by atoms with Gasteiger partial charge in [-0.1, -0.05) is 35.3 Å². The highest BCUT2D eigenvalue weighted by atomic mass is 35.5. The zero-order valence-corrected chi connectivity index (χ0v) is 17.3. The second-order valence-corrected chi connectivity index (χ2v) is 6.94. The Balaban J connectivity index is 1.42. The lowest BCUT2D eigenvalue weighted by molar-refractivity contribution is -0.121. The van der Waals surface area contributed by atoms with Gasteiger partial charge in [0.25, 0.3) is 0 Å². The Morgan fingerprint density at radius 3 is 2.72 bits per heavy atom. The van der Waals surface area contributed by atoms with Crippen LogP contribution in [0.2, 0.25) is 10.0 Å². The maximum atomic E-state index is 12.0. The molecule has 0 unspecified atom stereocenters. The molecule has 0 spiro atoms. The predicted octanol–water partition coefficient (Wildman–Crippen LogP) is 4.78. The number of nitrogens with zero attached hydrogens (tertiary/aromatic N) is 1. The fourth-order valence-corrected chi connectivity index (χ4v) is 3.14. The van der Waals surface area contributed by atoms with E-state index in [-0.39, 0.29) is 12.3 Å². The minimum absolute atomic E-state index is 0.113. The molecule has 0 aliphatic heterocycles. The van der Waals surface area contributed by atoms with Gasteiger partial charge in [0.2, 0.25) is 5.91 Å². The van der Waals surface area contributed by atoms with Crippen molar-refractivity contribution in [1.29, 1.82) is 0 Å². The van der Waals surface area contributed by atoms with Gasteiger partial charge in [-0.25, -0.2) is 4.98 Å². The predicted molar refractivity (Wildman–Crippen MR) is 112 cm³/mol. The minimum atomic E-state index is -0.113. The maximum Gasteiger partial charge on any atom is 0.220 e. The van der Waals surface area contributed by atoms with Crippen LogP contribution in [0.15, 0.2) is 53.1 Å². The first-order chi connectivity index (χ1) is 14.1. The number of hydrogen-bond acceptors (Lipinski definition) is 5. The van der Waals surface area contributed by atoms with E-state index >= 15 is 0 Å². The molecule has 152 valence electrons. The molecule has 0 atom stereocenters. The highest BCUT2D eigenvalue weighted by Crippen LogP contribution is 2.31. The van der Waals surface area contributed by atoms with Gasteiger partial charge >= 0.3 is 0 Å². The number of rotatable bonds is 9. The summed E-state index contributed by atoms with van der Waals surface area (Å²) in [5.74, 6) is 2.17. The highest BCUT2D eigenvalue weighted by Gasteiger charge is 2.12. The number of nitrogens with one attached hydrogen (secondary N) is 1. The van der Waals surface area contributed by atoms with Crippen LogP contribution in [-0.2, 0) is 11.2 Å². The second-order valence-electron chi connectivity index (χ2n) is 6.09. The summed E-state index contributed by atoms with van der Waals surface area (Å²) in [6.45, 7) is 0.721. The molecule has 29 heavy (non-hydrogen) atoms.